The highest BCUT2D eigenvalue weighted by Gasteiger charge is 2.37. The van der Waals surface area contributed by atoms with Crippen molar-refractivity contribution in [3.05, 3.63) is 0 Å². The average molecular weight is 240 g/mol. The Morgan fingerprint density at radius 2 is 2.00 bits per heavy atom. The lowest BCUT2D eigenvalue weighted by atomic mass is 10.1. The Kier molecular flexibility index (Phi) is 5.96. The van der Waals surface area contributed by atoms with Gasteiger partial charge in [0.2, 0.25) is 5.91 Å². The van der Waals surface area contributed by atoms with Crippen LogP contribution in [-0.4, -0.2) is 29.6 Å². The van der Waals surface area contributed by atoms with E-state index in [-0.39, 0.29) is 12.2 Å². The van der Waals surface area contributed by atoms with Crippen molar-refractivity contribution < 1.29 is 4.79 Å². The molecular formula is C14H28N2O. The largest absolute Gasteiger partial charge is 0.326 e. The third-order valence-electron chi connectivity index (χ3n) is 3.38. The third-order valence-corrected chi connectivity index (χ3v) is 3.38. The van der Waals surface area contributed by atoms with Crippen molar-refractivity contribution in [3.63, 3.8) is 0 Å². The third kappa shape index (κ3) is 3.98. The van der Waals surface area contributed by atoms with Gasteiger partial charge in [-0.25, -0.2) is 0 Å². The highest BCUT2D eigenvalue weighted by atomic mass is 16.2. The molecule has 2 atom stereocenters. The molecule has 2 unspecified atom stereocenters. The van der Waals surface area contributed by atoms with E-state index >= 15 is 0 Å². The van der Waals surface area contributed by atoms with Crippen molar-refractivity contribution in [2.24, 2.45) is 5.92 Å². The van der Waals surface area contributed by atoms with Gasteiger partial charge in [0.25, 0.3) is 0 Å². The van der Waals surface area contributed by atoms with Crippen molar-refractivity contribution in [1.82, 2.24) is 10.2 Å². The predicted molar refractivity (Wildman–Crippen MR) is 71.7 cm³/mol. The van der Waals surface area contributed by atoms with Crippen LogP contribution in [0.1, 0.15) is 59.8 Å². The molecule has 1 rings (SSSR count). The summed E-state index contributed by atoms with van der Waals surface area (Å²) in [6, 6.07) is 0.0700. The first-order chi connectivity index (χ1) is 8.10. The monoisotopic (exact) mass is 240 g/mol. The number of carbonyl (C=O) groups is 1. The van der Waals surface area contributed by atoms with E-state index in [0.29, 0.717) is 11.8 Å². The molecule has 1 N–H and O–H groups in total. The number of hydrogen-bond acceptors (Lipinski definition) is 2. The van der Waals surface area contributed by atoms with Gasteiger partial charge in [0.05, 0.1) is 12.2 Å². The molecule has 1 aliphatic heterocycles. The van der Waals surface area contributed by atoms with Gasteiger partial charge in [0, 0.05) is 6.54 Å². The molecule has 1 heterocycles. The van der Waals surface area contributed by atoms with Crippen LogP contribution >= 0.6 is 0 Å². The fourth-order valence-corrected chi connectivity index (χ4v) is 2.48. The highest BCUT2D eigenvalue weighted by molar-refractivity contribution is 5.84. The lowest BCUT2D eigenvalue weighted by Crippen LogP contribution is -2.39. The number of nitrogens with one attached hydrogen (secondary N) is 1. The maximum atomic E-state index is 12.3. The Balaban J connectivity index is 2.62. The molecule has 3 heteroatoms. The van der Waals surface area contributed by atoms with Crippen LogP contribution in [-0.2, 0) is 4.79 Å². The molecule has 100 valence electrons. The summed E-state index contributed by atoms with van der Waals surface area (Å²) in [7, 11) is 0. The average Bonchev–Trinajstić information content (AvgIpc) is 2.53. The van der Waals surface area contributed by atoms with Gasteiger partial charge < -0.3 is 4.90 Å². The van der Waals surface area contributed by atoms with E-state index in [1.54, 1.807) is 0 Å². The Morgan fingerprint density at radius 1 is 1.29 bits per heavy atom. The van der Waals surface area contributed by atoms with Crippen LogP contribution in [0.3, 0.4) is 0 Å². The molecule has 1 fully saturated rings. The Bertz CT molecular complexity index is 240. The van der Waals surface area contributed by atoms with Crippen molar-refractivity contribution in [2.45, 2.75) is 72.0 Å². The number of unbranched alkanes of at least 4 members (excludes halogenated alkanes) is 1. The van der Waals surface area contributed by atoms with Crippen LogP contribution in [0.25, 0.3) is 0 Å². The van der Waals surface area contributed by atoms with Gasteiger partial charge in [-0.05, 0) is 25.2 Å². The van der Waals surface area contributed by atoms with Crippen LogP contribution < -0.4 is 5.32 Å². The molecule has 1 aliphatic rings. The van der Waals surface area contributed by atoms with Crippen LogP contribution in [0.4, 0.5) is 0 Å². The molecule has 0 saturated carbocycles. The van der Waals surface area contributed by atoms with Gasteiger partial charge in [-0.2, -0.15) is 0 Å². The van der Waals surface area contributed by atoms with Gasteiger partial charge in [0.15, 0.2) is 0 Å². The second-order valence-corrected chi connectivity index (χ2v) is 5.54. The van der Waals surface area contributed by atoms with Gasteiger partial charge in [-0.15, -0.1) is 0 Å². The van der Waals surface area contributed by atoms with Crippen LogP contribution in [0.2, 0.25) is 0 Å². The highest BCUT2D eigenvalue weighted by Crippen LogP contribution is 2.20. The Hall–Kier alpha value is -0.570. The summed E-state index contributed by atoms with van der Waals surface area (Å²) in [5.74, 6) is 0.954. The summed E-state index contributed by atoms with van der Waals surface area (Å²) in [6.07, 6.45) is 5.63. The van der Waals surface area contributed by atoms with Gasteiger partial charge in [-0.1, -0.05) is 40.5 Å². The van der Waals surface area contributed by atoms with E-state index in [1.807, 2.05) is 0 Å². The molecule has 1 amide bonds. The molecule has 17 heavy (non-hydrogen) atoms. The minimum atomic E-state index is 0.0700. The SMILES string of the molecule is CCCCN1C(=O)C(CCC)NC1CC(C)C. The van der Waals surface area contributed by atoms with Gasteiger partial charge in [-0.3, -0.25) is 10.1 Å². The van der Waals surface area contributed by atoms with Crippen molar-refractivity contribution in [3.8, 4) is 0 Å². The van der Waals surface area contributed by atoms with E-state index in [9.17, 15) is 4.79 Å². The van der Waals surface area contributed by atoms with Crippen LogP contribution in [0.5, 0.6) is 0 Å². The molecule has 0 aromatic carbocycles. The molecule has 0 aromatic rings. The first-order valence-electron chi connectivity index (χ1n) is 7.16. The molecule has 3 nitrogen and oxygen atoms in total. The van der Waals surface area contributed by atoms with Gasteiger partial charge >= 0.3 is 0 Å². The maximum absolute atomic E-state index is 12.3. The van der Waals surface area contributed by atoms with E-state index in [1.165, 1.54) is 0 Å². The summed E-state index contributed by atoms with van der Waals surface area (Å²) in [6.45, 7) is 9.67. The van der Waals surface area contributed by atoms with Gasteiger partial charge in [0.1, 0.15) is 0 Å². The number of hydrogen-bond donors (Lipinski definition) is 1. The van der Waals surface area contributed by atoms with Crippen LogP contribution in [0, 0.1) is 5.92 Å². The molecule has 1 saturated heterocycles. The van der Waals surface area contributed by atoms with Crippen LogP contribution in [0.15, 0.2) is 0 Å². The molecule has 0 aliphatic carbocycles. The summed E-state index contributed by atoms with van der Waals surface area (Å²) in [4.78, 5) is 14.3. The van der Waals surface area contributed by atoms with Crippen molar-refractivity contribution in [1.29, 1.82) is 0 Å². The zero-order valence-corrected chi connectivity index (χ0v) is 11.8. The second kappa shape index (κ2) is 7.00. The number of nitrogens with zero attached hydrogens (tertiary/aromatic N) is 1. The van der Waals surface area contributed by atoms with E-state index in [0.717, 1.165) is 38.6 Å². The normalized spacial score (nSPS) is 25.0. The summed E-state index contributed by atoms with van der Waals surface area (Å²) in [5.41, 5.74) is 0. The standard InChI is InChI=1S/C14H28N2O/c1-5-7-9-16-13(10-11(3)4)15-12(8-6-2)14(16)17/h11-13,15H,5-10H2,1-4H3. The summed E-state index contributed by atoms with van der Waals surface area (Å²) < 4.78 is 0. The fraction of sp³-hybridized carbons (Fsp3) is 0.929. The predicted octanol–water partition coefficient (Wildman–Crippen LogP) is 2.76. The quantitative estimate of drug-likeness (QED) is 0.742. The second-order valence-electron chi connectivity index (χ2n) is 5.54. The zero-order valence-electron chi connectivity index (χ0n) is 11.8. The first-order valence-corrected chi connectivity index (χ1v) is 7.16. The lowest BCUT2D eigenvalue weighted by molar-refractivity contribution is -0.130. The number of rotatable bonds is 7. The van der Waals surface area contributed by atoms with E-state index in [2.05, 4.69) is 37.9 Å². The number of amides is 1. The smallest absolute Gasteiger partial charge is 0.241 e. The lowest BCUT2D eigenvalue weighted by Gasteiger charge is -2.25. The molecular weight excluding hydrogens is 212 g/mol. The minimum absolute atomic E-state index is 0.0700. The summed E-state index contributed by atoms with van der Waals surface area (Å²) >= 11 is 0. The van der Waals surface area contributed by atoms with Crippen molar-refractivity contribution >= 4 is 5.91 Å². The number of carbonyl (C=O) groups excluding carboxylic acids is 1. The van der Waals surface area contributed by atoms with E-state index in [4.69, 9.17) is 0 Å². The topological polar surface area (TPSA) is 32.3 Å². The minimum Gasteiger partial charge on any atom is -0.326 e. The van der Waals surface area contributed by atoms with Crippen molar-refractivity contribution in [2.75, 3.05) is 6.54 Å². The Morgan fingerprint density at radius 3 is 2.53 bits per heavy atom. The van der Waals surface area contributed by atoms with E-state index < -0.39 is 0 Å². The molecule has 0 spiro atoms. The zero-order chi connectivity index (χ0) is 12.8. The first kappa shape index (κ1) is 14.5. The molecule has 0 bridgehead atoms. The Labute approximate surface area is 106 Å². The fourth-order valence-electron chi connectivity index (χ4n) is 2.48. The molecule has 0 aromatic heterocycles. The maximum Gasteiger partial charge on any atom is 0.241 e. The summed E-state index contributed by atoms with van der Waals surface area (Å²) in [5, 5.41) is 3.51. The molecule has 0 radical (unpaired) electrons.